The van der Waals surface area contributed by atoms with E-state index in [-0.39, 0.29) is 28.0 Å². The molecule has 2 unspecified atom stereocenters. The van der Waals surface area contributed by atoms with Gasteiger partial charge in [0.15, 0.2) is 0 Å². The molecular weight excluding hydrogens is 1590 g/mol. The van der Waals surface area contributed by atoms with E-state index < -0.39 is 21.4 Å². The Morgan fingerprint density at radius 1 is 0.336 bits per heavy atom. The Morgan fingerprint density at radius 2 is 0.814 bits per heavy atom. The molecule has 0 spiro atoms. The Balaban J connectivity index is 0.000000142. The number of aromatic amines is 1. The molecule has 22 rings (SSSR count). The van der Waals surface area contributed by atoms with Gasteiger partial charge in [-0.25, -0.2) is 4.98 Å². The van der Waals surface area contributed by atoms with Gasteiger partial charge < -0.3 is 15.9 Å². The van der Waals surface area contributed by atoms with E-state index in [1.54, 1.807) is 0 Å². The van der Waals surface area contributed by atoms with Gasteiger partial charge in [0.2, 0.25) is 0 Å². The van der Waals surface area contributed by atoms with Crippen molar-refractivity contribution in [2.75, 3.05) is 0 Å². The number of nitrogens with one attached hydrogen (secondary N) is 1. The quantitative estimate of drug-likeness (QED) is 0.0776. The third-order valence-corrected chi connectivity index (χ3v) is 33.7. The fourth-order valence-corrected chi connectivity index (χ4v) is 26.9. The van der Waals surface area contributed by atoms with Gasteiger partial charge in [0, 0.05) is 61.9 Å². The molecule has 0 fully saturated rings. The summed E-state index contributed by atoms with van der Waals surface area (Å²) in [6.45, 7) is 0. The molecule has 0 saturated heterocycles. The summed E-state index contributed by atoms with van der Waals surface area (Å²) in [6, 6.07) is 133. The summed E-state index contributed by atoms with van der Waals surface area (Å²) < 4.78 is 4.71. The zero-order valence-corrected chi connectivity index (χ0v) is 68.3. The van der Waals surface area contributed by atoms with Crippen LogP contribution < -0.4 is 58.6 Å². The summed E-state index contributed by atoms with van der Waals surface area (Å²) in [4.78, 5) is 28.6. The minimum absolute atomic E-state index is 0. The summed E-state index contributed by atoms with van der Waals surface area (Å²) >= 11 is 3.82. The van der Waals surface area contributed by atoms with E-state index in [0.717, 1.165) is 66.0 Å². The summed E-state index contributed by atoms with van der Waals surface area (Å²) in [5.74, 6) is 0. The molecule has 0 saturated carbocycles. The van der Waals surface area contributed by atoms with Gasteiger partial charge in [-0.15, -0.1) is 0 Å². The van der Waals surface area contributed by atoms with Crippen LogP contribution in [-0.2, 0) is 0 Å². The molecule has 113 heavy (non-hydrogen) atoms. The zero-order chi connectivity index (χ0) is 73.1. The third-order valence-electron chi connectivity index (χ3n) is 20.8. The van der Waals surface area contributed by atoms with Crippen molar-refractivity contribution in [3.63, 3.8) is 0 Å². The van der Waals surface area contributed by atoms with Crippen molar-refractivity contribution < 1.29 is 11.0 Å². The summed E-state index contributed by atoms with van der Waals surface area (Å²) in [6.07, 6.45) is 5.69. The van der Waals surface area contributed by atoms with Crippen LogP contribution in [0.2, 0.25) is 0 Å². The van der Waals surface area contributed by atoms with Crippen LogP contribution in [0.25, 0.3) is 120 Å². The first-order valence-electron chi connectivity index (χ1n) is 36.7. The number of fused-ring (bicyclic) bond motifs is 21. The molecule has 10 nitrogen and oxygen atoms in total. The van der Waals surface area contributed by atoms with E-state index in [9.17, 15) is 0 Å². The topological polar surface area (TPSA) is 152 Å². The minimum Gasteiger partial charge on any atom is -0.355 e. The molecule has 0 aliphatic heterocycles. The van der Waals surface area contributed by atoms with E-state index >= 15 is 0 Å². The molecule has 544 valence electrons. The average Bonchev–Trinajstić information content (AvgIpc) is 1.67. The maximum absolute atomic E-state index is 5.53. The van der Waals surface area contributed by atoms with Gasteiger partial charge in [0.1, 0.15) is 5.65 Å². The molecule has 7 aromatic heterocycles. The molecule has 0 bridgehead atoms. The van der Waals surface area contributed by atoms with Crippen LogP contribution in [0.3, 0.4) is 0 Å². The molecule has 0 aliphatic carbocycles. The molecule has 5 N–H and O–H groups in total. The van der Waals surface area contributed by atoms with Crippen LogP contribution in [0.15, 0.2) is 389 Å². The van der Waals surface area contributed by atoms with Crippen LogP contribution in [-0.4, -0.2) is 81.8 Å². The minimum atomic E-state index is -2.19. The monoisotopic (exact) mass is 1660 g/mol. The molecule has 0 radical (unpaired) electrons. The zero-order valence-electron chi connectivity index (χ0n) is 60.8. The SMILES string of the molecule is O.O.[SeH2].[Se]=P(c1ccccc1)(c1ccccc1)c1cccc2c1c1ccccc1n1c3ccc(P(c4ccc5ccccc5c4)c4ncc5ccccc5n4)cc3nc21.c1ccc(P(c2ccccc2)c2cccc3c2c2ccccc2n2c4ccc(Pc5ccncc5)cc4nc32)cc1.c1ccc2c(c1)[nH]c1ccccc12. The number of hydrogen-bond acceptors (Lipinski definition) is 5. The van der Waals surface area contributed by atoms with E-state index in [1.807, 2.05) is 30.7 Å². The van der Waals surface area contributed by atoms with Gasteiger partial charge in [0.25, 0.3) is 0 Å². The van der Waals surface area contributed by atoms with Gasteiger partial charge in [-0.1, -0.05) is 197 Å². The van der Waals surface area contributed by atoms with Gasteiger partial charge in [-0.05, 0) is 93.7 Å². The van der Waals surface area contributed by atoms with Gasteiger partial charge in [0.05, 0.1) is 22.1 Å². The van der Waals surface area contributed by atoms with E-state index in [4.69, 9.17) is 19.9 Å². The molecule has 22 aromatic rings. The largest absolute Gasteiger partial charge is 0.355 e. The normalized spacial score (nSPS) is 11.9. The maximum Gasteiger partial charge on any atom is 0.146 e. The molecular formula is C97H72N8O2P4Se2. The number of para-hydroxylation sites is 5. The molecule has 15 aromatic carbocycles. The number of rotatable bonds is 11. The molecule has 2 atom stereocenters. The van der Waals surface area contributed by atoms with Gasteiger partial charge in [-0.3, -0.25) is 9.38 Å². The van der Waals surface area contributed by atoms with Crippen LogP contribution >= 0.6 is 29.9 Å². The fourth-order valence-electron chi connectivity index (χ4n) is 15.9. The Kier molecular flexibility index (Phi) is 21.0. The first-order chi connectivity index (χ1) is 54.4. The number of nitrogens with zero attached hydrogens (tertiary/aromatic N) is 7. The Bertz CT molecular complexity index is 7130. The van der Waals surface area contributed by atoms with Crippen molar-refractivity contribution in [2.24, 2.45) is 0 Å². The molecule has 16 heteroatoms. The smallest absolute Gasteiger partial charge is 0.146 e. The number of pyridine rings is 3. The Labute approximate surface area is 674 Å². The number of H-pyrrole nitrogens is 1. The van der Waals surface area contributed by atoms with E-state index in [2.05, 4.69) is 392 Å². The van der Waals surface area contributed by atoms with Crippen molar-refractivity contribution >= 4 is 241 Å². The standard InChI is InChI=1S/C49H32N4P2Se.C36H25N3P2.C12H9N.2H2O.H2Se/c56-55(38-17-3-1-4-18-38,39-19-5-2-6-20-39)46-25-13-22-41-47(46)40-21-10-12-24-44(40)53-45-29-28-37(31-43(45)51-48(41)53)54(36-27-26-33-14-7-8-15-34(33)30-36)49-50-32-35-16-9-11-23-42(35)52-49;1-3-10-27(11-4-1)41(28-12-5-2-6-13-28)34-17-9-15-30-35(34)29-14-7-8-16-32(29)39-33-19-18-26(24-31(33)38-36(30)39)40-25-20-22-37-23-21-25;1-3-7-11-9(5-1)10-6-2-4-8-12(10)13-11;;;/h1-32H;1-24,40H;1-8,13H;3*1H2. The van der Waals surface area contributed by atoms with E-state index in [0.29, 0.717) is 8.58 Å². The van der Waals surface area contributed by atoms with Crippen molar-refractivity contribution in [1.82, 2.24) is 38.7 Å². The second-order valence-corrected chi connectivity index (χ2v) is 39.2. The number of benzene rings is 15. The number of imidazole rings is 2. The predicted molar refractivity (Wildman–Crippen MR) is 491 cm³/mol. The van der Waals surface area contributed by atoms with Crippen LogP contribution in [0.5, 0.6) is 0 Å². The van der Waals surface area contributed by atoms with Crippen LogP contribution in [0.4, 0.5) is 0 Å². The van der Waals surface area contributed by atoms with Gasteiger partial charge in [-0.2, -0.15) is 0 Å². The van der Waals surface area contributed by atoms with Crippen LogP contribution in [0.1, 0.15) is 0 Å². The maximum atomic E-state index is 5.53. The van der Waals surface area contributed by atoms with Crippen LogP contribution in [0, 0.1) is 0 Å². The second kappa shape index (κ2) is 31.9. The summed E-state index contributed by atoms with van der Waals surface area (Å²) in [5, 5.41) is 26.3. The van der Waals surface area contributed by atoms with Crippen molar-refractivity contribution in [3.05, 3.63) is 389 Å². The first kappa shape index (κ1) is 74.2. The summed E-state index contributed by atoms with van der Waals surface area (Å²) in [7, 11) is -1.31. The average molecular weight is 1660 g/mol. The van der Waals surface area contributed by atoms with Gasteiger partial charge >= 0.3 is 269 Å². The fraction of sp³-hybridized carbons (Fsp3) is 0. The second-order valence-electron chi connectivity index (χ2n) is 27.3. The van der Waals surface area contributed by atoms with E-state index in [1.165, 1.54) is 113 Å². The number of aromatic nitrogens is 8. The third kappa shape index (κ3) is 13.5. The molecule has 7 heterocycles. The molecule has 0 amide bonds. The van der Waals surface area contributed by atoms with Crippen molar-refractivity contribution in [2.45, 2.75) is 0 Å². The summed E-state index contributed by atoms with van der Waals surface area (Å²) in [5.41, 5.74) is 10.5. The number of hydrogen-bond donors (Lipinski definition) is 1. The Hall–Kier alpha value is -11.5. The van der Waals surface area contributed by atoms with Crippen molar-refractivity contribution in [1.29, 1.82) is 0 Å². The molecule has 0 aliphatic rings. The van der Waals surface area contributed by atoms with Crippen molar-refractivity contribution in [3.8, 4) is 0 Å². The Morgan fingerprint density at radius 3 is 1.44 bits per heavy atom. The predicted octanol–water partition coefficient (Wildman–Crippen LogP) is 16.4. The first-order valence-corrected chi connectivity index (χ1v) is 44.4.